The summed E-state index contributed by atoms with van der Waals surface area (Å²) in [5.74, 6) is -0.228. The van der Waals surface area contributed by atoms with E-state index in [2.05, 4.69) is 9.83 Å². The van der Waals surface area contributed by atoms with Gasteiger partial charge in [0.25, 0.3) is 6.67 Å². The third kappa shape index (κ3) is 1.52. The minimum Gasteiger partial charge on any atom is -0.358 e. The van der Waals surface area contributed by atoms with Crippen molar-refractivity contribution in [3.8, 4) is 0 Å². The predicted octanol–water partition coefficient (Wildman–Crippen LogP) is 0.668. The summed E-state index contributed by atoms with van der Waals surface area (Å²) >= 11 is 0. The van der Waals surface area contributed by atoms with E-state index >= 15 is 0 Å². The Bertz CT molecular complexity index is 311. The molecule has 0 radical (unpaired) electrons. The lowest BCUT2D eigenvalue weighted by molar-refractivity contribution is -0.389. The quantitative estimate of drug-likeness (QED) is 0.355. The number of nitro groups is 1. The van der Waals surface area contributed by atoms with E-state index in [0.717, 1.165) is 0 Å². The maximum Gasteiger partial charge on any atom is 0.381 e. The van der Waals surface area contributed by atoms with E-state index in [1.54, 1.807) is 0 Å². The summed E-state index contributed by atoms with van der Waals surface area (Å²) in [4.78, 5) is 16.0. The van der Waals surface area contributed by atoms with Crippen LogP contribution in [0.3, 0.4) is 0 Å². The molecule has 6 heteroatoms. The van der Waals surface area contributed by atoms with Gasteiger partial charge in [-0.25, -0.2) is 11.1 Å². The summed E-state index contributed by atoms with van der Waals surface area (Å²) in [6, 6.07) is 0. The maximum atomic E-state index is 10.1. The Kier molecular flexibility index (Phi) is 1.83. The maximum absolute atomic E-state index is 10.1. The third-order valence-corrected chi connectivity index (χ3v) is 1.04. The van der Waals surface area contributed by atoms with Crippen LogP contribution in [0.4, 0.5) is 5.82 Å². The molecule has 0 aromatic carbocycles. The molecular formula is C5H4N4O2. The van der Waals surface area contributed by atoms with Crippen molar-refractivity contribution in [3.63, 3.8) is 0 Å². The van der Waals surface area contributed by atoms with Crippen LogP contribution in [0.25, 0.3) is 4.85 Å². The summed E-state index contributed by atoms with van der Waals surface area (Å²) < 4.78 is 1.35. The zero-order valence-corrected chi connectivity index (χ0v) is 5.47. The molecule has 11 heavy (non-hydrogen) atoms. The molecule has 1 aromatic rings. The monoisotopic (exact) mass is 152 g/mol. The first-order valence-electron chi connectivity index (χ1n) is 2.73. The Balaban J connectivity index is 2.83. The highest BCUT2D eigenvalue weighted by molar-refractivity contribution is 5.12. The van der Waals surface area contributed by atoms with E-state index < -0.39 is 4.92 Å². The Morgan fingerprint density at radius 1 is 1.91 bits per heavy atom. The van der Waals surface area contributed by atoms with Gasteiger partial charge in [-0.1, -0.05) is 0 Å². The van der Waals surface area contributed by atoms with Gasteiger partial charge in [-0.05, 0) is 9.91 Å². The van der Waals surface area contributed by atoms with Crippen LogP contribution in [-0.4, -0.2) is 14.5 Å². The summed E-state index contributed by atoms with van der Waals surface area (Å²) in [7, 11) is 0. The number of rotatable bonds is 2. The van der Waals surface area contributed by atoms with Crippen molar-refractivity contribution < 1.29 is 4.92 Å². The van der Waals surface area contributed by atoms with Crippen LogP contribution in [-0.2, 0) is 6.67 Å². The van der Waals surface area contributed by atoms with Crippen molar-refractivity contribution in [1.82, 2.24) is 9.55 Å². The smallest absolute Gasteiger partial charge is 0.358 e. The van der Waals surface area contributed by atoms with Gasteiger partial charge in [0.2, 0.25) is 6.33 Å². The first kappa shape index (κ1) is 7.21. The Labute approximate surface area is 62.1 Å². The lowest BCUT2D eigenvalue weighted by Gasteiger charge is -1.84. The summed E-state index contributed by atoms with van der Waals surface area (Å²) in [5, 5.41) is 10.1. The largest absolute Gasteiger partial charge is 0.381 e. The zero-order chi connectivity index (χ0) is 8.27. The minimum atomic E-state index is -0.597. The molecular weight excluding hydrogens is 148 g/mol. The molecule has 0 saturated heterocycles. The van der Waals surface area contributed by atoms with E-state index in [1.807, 2.05) is 0 Å². The van der Waals surface area contributed by atoms with Gasteiger partial charge in [-0.15, -0.1) is 0 Å². The zero-order valence-electron chi connectivity index (χ0n) is 5.47. The second-order valence-corrected chi connectivity index (χ2v) is 1.80. The fourth-order valence-electron chi connectivity index (χ4n) is 0.602. The van der Waals surface area contributed by atoms with E-state index in [-0.39, 0.29) is 12.5 Å². The minimum absolute atomic E-state index is 0.0703. The molecule has 6 nitrogen and oxygen atoms in total. The molecule has 0 unspecified atom stereocenters. The molecule has 0 aliphatic heterocycles. The molecule has 1 aromatic heterocycles. The fraction of sp³-hybridized carbons (Fsp3) is 0.200. The summed E-state index contributed by atoms with van der Waals surface area (Å²) in [6.45, 7) is 6.53. The van der Waals surface area contributed by atoms with Gasteiger partial charge in [-0.2, -0.15) is 0 Å². The lowest BCUT2D eigenvalue weighted by atomic mass is 10.8. The molecule has 0 spiro atoms. The molecule has 1 heterocycles. The van der Waals surface area contributed by atoms with Gasteiger partial charge in [0.05, 0.1) is 0 Å². The molecule has 0 amide bonds. The average Bonchev–Trinajstić information content (AvgIpc) is 2.37. The van der Waals surface area contributed by atoms with Crippen molar-refractivity contribution in [3.05, 3.63) is 34.1 Å². The number of hydrogen-bond donors (Lipinski definition) is 0. The highest BCUT2D eigenvalue weighted by Crippen LogP contribution is 2.04. The van der Waals surface area contributed by atoms with Crippen molar-refractivity contribution in [1.29, 1.82) is 0 Å². The second kappa shape index (κ2) is 2.79. The number of imidazole rings is 1. The predicted molar refractivity (Wildman–Crippen MR) is 35.5 cm³/mol. The number of nitrogens with zero attached hydrogens (tertiary/aromatic N) is 4. The van der Waals surface area contributed by atoms with Gasteiger partial charge < -0.3 is 10.1 Å². The van der Waals surface area contributed by atoms with Gasteiger partial charge >= 0.3 is 5.82 Å². The second-order valence-electron chi connectivity index (χ2n) is 1.80. The molecule has 56 valence electrons. The van der Waals surface area contributed by atoms with Crippen molar-refractivity contribution in [2.45, 2.75) is 6.67 Å². The molecule has 0 fully saturated rings. The Hall–Kier alpha value is -1.90. The first-order chi connectivity index (χ1) is 5.24. The average molecular weight is 152 g/mol. The van der Waals surface area contributed by atoms with E-state index in [9.17, 15) is 10.1 Å². The number of aromatic nitrogens is 2. The van der Waals surface area contributed by atoms with Crippen LogP contribution in [0.15, 0.2) is 12.5 Å². The van der Waals surface area contributed by atoms with Gasteiger partial charge in [0.1, 0.15) is 6.20 Å². The van der Waals surface area contributed by atoms with Crippen LogP contribution < -0.4 is 0 Å². The van der Waals surface area contributed by atoms with Crippen LogP contribution >= 0.6 is 0 Å². The topological polar surface area (TPSA) is 65.3 Å². The van der Waals surface area contributed by atoms with E-state index in [0.29, 0.717) is 0 Å². The van der Waals surface area contributed by atoms with Gasteiger partial charge in [0, 0.05) is 0 Å². The van der Waals surface area contributed by atoms with Crippen LogP contribution in [0, 0.1) is 16.7 Å². The van der Waals surface area contributed by atoms with Crippen molar-refractivity contribution in [2.75, 3.05) is 0 Å². The van der Waals surface area contributed by atoms with E-state index in [1.165, 1.54) is 17.1 Å². The van der Waals surface area contributed by atoms with Crippen molar-refractivity contribution in [2.24, 2.45) is 0 Å². The van der Waals surface area contributed by atoms with Crippen LogP contribution in [0.5, 0.6) is 0 Å². The summed E-state index contributed by atoms with van der Waals surface area (Å²) in [5.41, 5.74) is 0. The highest BCUT2D eigenvalue weighted by atomic mass is 16.6. The third-order valence-electron chi connectivity index (χ3n) is 1.04. The van der Waals surface area contributed by atoms with Crippen LogP contribution in [0.2, 0.25) is 0 Å². The van der Waals surface area contributed by atoms with Crippen LogP contribution in [0.1, 0.15) is 0 Å². The first-order valence-corrected chi connectivity index (χ1v) is 2.73. The van der Waals surface area contributed by atoms with Crippen molar-refractivity contribution >= 4 is 5.82 Å². The lowest BCUT2D eigenvalue weighted by Crippen LogP contribution is -1.88. The molecule has 0 saturated carbocycles. The standard InChI is InChI=1S/C5H4N4O2/c1-6-3-8-2-5(7-4-8)9(10)11/h2,4H,3H2. The normalized spacial score (nSPS) is 9.00. The molecule has 0 bridgehead atoms. The number of hydrogen-bond acceptors (Lipinski definition) is 3. The van der Waals surface area contributed by atoms with E-state index in [4.69, 9.17) is 6.57 Å². The molecule has 0 atom stereocenters. The Morgan fingerprint density at radius 2 is 2.64 bits per heavy atom. The summed E-state index contributed by atoms with van der Waals surface area (Å²) in [6.07, 6.45) is 2.48. The Morgan fingerprint density at radius 3 is 3.09 bits per heavy atom. The molecule has 0 aliphatic rings. The fourth-order valence-corrected chi connectivity index (χ4v) is 0.602. The molecule has 0 N–H and O–H groups in total. The van der Waals surface area contributed by atoms with Gasteiger partial charge in [0.15, 0.2) is 0 Å². The van der Waals surface area contributed by atoms with Gasteiger partial charge in [-0.3, -0.25) is 4.85 Å². The molecule has 0 aliphatic carbocycles. The molecule has 1 rings (SSSR count). The SMILES string of the molecule is [C-]#[N+]Cn1cnc([N+](=O)[O-])c1. The highest BCUT2D eigenvalue weighted by Gasteiger charge is 2.09.